The van der Waals surface area contributed by atoms with Crippen LogP contribution in [0.15, 0.2) is 0 Å². The lowest BCUT2D eigenvalue weighted by molar-refractivity contribution is -0.141. The van der Waals surface area contributed by atoms with Crippen LogP contribution in [0.2, 0.25) is 0 Å². The fourth-order valence-electron chi connectivity index (χ4n) is 0.810. The summed E-state index contributed by atoms with van der Waals surface area (Å²) in [7, 11) is 0. The summed E-state index contributed by atoms with van der Waals surface area (Å²) in [5.41, 5.74) is -0.149. The molecule has 0 spiro atoms. The van der Waals surface area contributed by atoms with Gasteiger partial charge in [-0.2, -0.15) is 0 Å². The third-order valence-electron chi connectivity index (χ3n) is 2.10. The van der Waals surface area contributed by atoms with E-state index < -0.39 is 5.97 Å². The highest BCUT2D eigenvalue weighted by Gasteiger charge is 2.19. The molecule has 0 aliphatic heterocycles. The van der Waals surface area contributed by atoms with Gasteiger partial charge in [0.05, 0.1) is 5.92 Å². The summed E-state index contributed by atoms with van der Waals surface area (Å²) in [5.74, 6) is -1.07. The number of aliphatic carboxylic acids is 1. The highest BCUT2D eigenvalue weighted by Crippen LogP contribution is 2.23. The number of carbonyl (C=O) groups is 1. The second kappa shape index (κ2) is 4.45. The lowest BCUT2D eigenvalue weighted by atomic mass is 9.86. The summed E-state index contributed by atoms with van der Waals surface area (Å²) >= 11 is 0. The van der Waals surface area contributed by atoms with Crippen molar-refractivity contribution in [1.82, 2.24) is 0 Å². The molecule has 0 radical (unpaired) electrons. The Morgan fingerprint density at radius 3 is 2.33 bits per heavy atom. The number of carboxylic acids is 1. The van der Waals surface area contributed by atoms with Crippen molar-refractivity contribution in [3.05, 3.63) is 0 Å². The molecule has 0 saturated heterocycles. The van der Waals surface area contributed by atoms with Crippen molar-refractivity contribution >= 4 is 5.97 Å². The van der Waals surface area contributed by atoms with E-state index in [1.165, 1.54) is 0 Å². The van der Waals surface area contributed by atoms with Crippen LogP contribution in [0.5, 0.6) is 0 Å². The molecular formula is C9H18O3. The Morgan fingerprint density at radius 1 is 1.50 bits per heavy atom. The van der Waals surface area contributed by atoms with Gasteiger partial charge in [-0.1, -0.05) is 20.8 Å². The Morgan fingerprint density at radius 2 is 2.00 bits per heavy atom. The van der Waals surface area contributed by atoms with Crippen molar-refractivity contribution < 1.29 is 15.0 Å². The van der Waals surface area contributed by atoms with Crippen LogP contribution in [-0.2, 0) is 4.79 Å². The van der Waals surface area contributed by atoms with Gasteiger partial charge in [-0.15, -0.1) is 0 Å². The van der Waals surface area contributed by atoms with Crippen LogP contribution in [0.1, 0.15) is 33.6 Å². The fourth-order valence-corrected chi connectivity index (χ4v) is 0.810. The molecule has 2 N–H and O–H groups in total. The Bertz CT molecular complexity index is 152. The van der Waals surface area contributed by atoms with E-state index in [4.69, 9.17) is 10.2 Å². The van der Waals surface area contributed by atoms with Gasteiger partial charge in [0.1, 0.15) is 0 Å². The van der Waals surface area contributed by atoms with E-state index in [-0.39, 0.29) is 17.9 Å². The second-order valence-electron chi connectivity index (χ2n) is 4.10. The molecule has 1 unspecified atom stereocenters. The van der Waals surface area contributed by atoms with Gasteiger partial charge in [0.2, 0.25) is 0 Å². The summed E-state index contributed by atoms with van der Waals surface area (Å²) in [6.45, 7) is 5.66. The van der Waals surface area contributed by atoms with Crippen molar-refractivity contribution in [3.8, 4) is 0 Å². The third-order valence-corrected chi connectivity index (χ3v) is 2.10. The van der Waals surface area contributed by atoms with E-state index in [0.29, 0.717) is 6.42 Å². The first-order chi connectivity index (χ1) is 5.39. The molecule has 0 saturated carbocycles. The van der Waals surface area contributed by atoms with E-state index in [1.54, 1.807) is 6.92 Å². The number of hydrogen-bond donors (Lipinski definition) is 2. The number of rotatable bonds is 5. The van der Waals surface area contributed by atoms with Gasteiger partial charge >= 0.3 is 5.97 Å². The first-order valence-corrected chi connectivity index (χ1v) is 4.23. The Labute approximate surface area is 73.4 Å². The zero-order valence-electron chi connectivity index (χ0n) is 8.00. The molecule has 0 heterocycles. The van der Waals surface area contributed by atoms with Gasteiger partial charge in [0.25, 0.3) is 0 Å². The summed E-state index contributed by atoms with van der Waals surface area (Å²) in [6.07, 6.45) is 1.37. The van der Waals surface area contributed by atoms with Gasteiger partial charge in [-0.3, -0.25) is 4.79 Å². The standard InChI is InChI=1S/C9H18O3/c1-7(8(11)12)4-5-9(2,3)6-10/h7,10H,4-6H2,1-3H3,(H,11,12). The van der Waals surface area contributed by atoms with E-state index in [0.717, 1.165) is 6.42 Å². The highest BCUT2D eigenvalue weighted by atomic mass is 16.4. The second-order valence-corrected chi connectivity index (χ2v) is 4.10. The molecule has 0 aromatic rings. The normalized spacial score (nSPS) is 14.3. The molecule has 0 aromatic carbocycles. The first kappa shape index (κ1) is 11.4. The van der Waals surface area contributed by atoms with Crippen LogP contribution in [0.3, 0.4) is 0 Å². The van der Waals surface area contributed by atoms with Gasteiger partial charge in [-0.25, -0.2) is 0 Å². The maximum absolute atomic E-state index is 10.4. The number of hydrogen-bond acceptors (Lipinski definition) is 2. The molecule has 1 atom stereocenters. The lowest BCUT2D eigenvalue weighted by Crippen LogP contribution is -2.19. The van der Waals surface area contributed by atoms with Crippen LogP contribution in [-0.4, -0.2) is 22.8 Å². The molecule has 0 fully saturated rings. The zero-order chi connectivity index (χ0) is 9.78. The van der Waals surface area contributed by atoms with E-state index in [9.17, 15) is 4.79 Å². The Hall–Kier alpha value is -0.570. The van der Waals surface area contributed by atoms with Gasteiger partial charge in [-0.05, 0) is 18.3 Å². The predicted molar refractivity (Wildman–Crippen MR) is 46.9 cm³/mol. The zero-order valence-corrected chi connectivity index (χ0v) is 8.00. The minimum atomic E-state index is -0.760. The van der Waals surface area contributed by atoms with Crippen molar-refractivity contribution in [1.29, 1.82) is 0 Å². The van der Waals surface area contributed by atoms with Gasteiger partial charge in [0, 0.05) is 6.61 Å². The topological polar surface area (TPSA) is 57.5 Å². The third kappa shape index (κ3) is 4.34. The lowest BCUT2D eigenvalue weighted by Gasteiger charge is -2.22. The summed E-state index contributed by atoms with van der Waals surface area (Å²) < 4.78 is 0. The molecule has 0 bridgehead atoms. The maximum atomic E-state index is 10.4. The van der Waals surface area contributed by atoms with Crippen LogP contribution in [0.4, 0.5) is 0 Å². The molecule has 3 nitrogen and oxygen atoms in total. The van der Waals surface area contributed by atoms with E-state index in [1.807, 2.05) is 13.8 Å². The Balaban J connectivity index is 3.75. The summed E-state index contributed by atoms with van der Waals surface area (Å²) in [6, 6.07) is 0. The summed E-state index contributed by atoms with van der Waals surface area (Å²) in [5, 5.41) is 17.5. The molecule has 0 amide bonds. The average molecular weight is 174 g/mol. The first-order valence-electron chi connectivity index (χ1n) is 4.23. The molecule has 0 rings (SSSR count). The predicted octanol–water partition coefficient (Wildman–Crippen LogP) is 1.51. The molecule has 0 aliphatic rings. The minimum Gasteiger partial charge on any atom is -0.481 e. The SMILES string of the molecule is CC(CCC(C)(C)CO)C(=O)O. The molecule has 72 valence electrons. The molecular weight excluding hydrogens is 156 g/mol. The fraction of sp³-hybridized carbons (Fsp3) is 0.889. The van der Waals surface area contributed by atoms with Crippen molar-refractivity contribution in [2.75, 3.05) is 6.61 Å². The van der Waals surface area contributed by atoms with E-state index in [2.05, 4.69) is 0 Å². The number of aliphatic hydroxyl groups is 1. The smallest absolute Gasteiger partial charge is 0.306 e. The van der Waals surface area contributed by atoms with Crippen LogP contribution in [0, 0.1) is 11.3 Å². The quantitative estimate of drug-likeness (QED) is 0.664. The highest BCUT2D eigenvalue weighted by molar-refractivity contribution is 5.69. The molecule has 3 heteroatoms. The number of aliphatic hydroxyl groups excluding tert-OH is 1. The maximum Gasteiger partial charge on any atom is 0.306 e. The van der Waals surface area contributed by atoms with Gasteiger partial charge in [0.15, 0.2) is 0 Å². The van der Waals surface area contributed by atoms with Crippen LogP contribution in [0.25, 0.3) is 0 Å². The minimum absolute atomic E-state index is 0.110. The molecule has 12 heavy (non-hydrogen) atoms. The molecule has 0 aliphatic carbocycles. The van der Waals surface area contributed by atoms with Crippen molar-refractivity contribution in [2.24, 2.45) is 11.3 Å². The largest absolute Gasteiger partial charge is 0.481 e. The van der Waals surface area contributed by atoms with E-state index >= 15 is 0 Å². The van der Waals surface area contributed by atoms with Crippen molar-refractivity contribution in [2.45, 2.75) is 33.6 Å². The number of carboxylic acid groups (broad SMARTS) is 1. The van der Waals surface area contributed by atoms with Crippen LogP contribution >= 0.6 is 0 Å². The van der Waals surface area contributed by atoms with Gasteiger partial charge < -0.3 is 10.2 Å². The summed E-state index contributed by atoms with van der Waals surface area (Å²) in [4.78, 5) is 10.4. The Kier molecular flexibility index (Phi) is 4.24. The van der Waals surface area contributed by atoms with Crippen LogP contribution < -0.4 is 0 Å². The average Bonchev–Trinajstić information content (AvgIpc) is 2.00. The van der Waals surface area contributed by atoms with Crippen molar-refractivity contribution in [3.63, 3.8) is 0 Å². The molecule has 0 aromatic heterocycles. The monoisotopic (exact) mass is 174 g/mol.